The van der Waals surface area contributed by atoms with Gasteiger partial charge in [-0.05, 0) is 44.7 Å². The van der Waals surface area contributed by atoms with Crippen LogP contribution in [-0.2, 0) is 9.59 Å². The second kappa shape index (κ2) is 7.07. The van der Waals surface area contributed by atoms with Gasteiger partial charge in [-0.25, -0.2) is 0 Å². The average Bonchev–Trinajstić information content (AvgIpc) is 2.89. The van der Waals surface area contributed by atoms with Crippen LogP contribution in [0.1, 0.15) is 57.8 Å². The molecule has 2 fully saturated rings. The van der Waals surface area contributed by atoms with Crippen molar-refractivity contribution in [2.75, 3.05) is 13.1 Å². The highest BCUT2D eigenvalue weighted by Crippen LogP contribution is 2.31. The fourth-order valence-electron chi connectivity index (χ4n) is 3.52. The minimum Gasteiger partial charge on any atom is -0.481 e. The number of carbonyl (C=O) groups is 2. The zero-order valence-electron chi connectivity index (χ0n) is 12.1. The van der Waals surface area contributed by atoms with Gasteiger partial charge in [-0.15, -0.1) is 0 Å². The third kappa shape index (κ3) is 4.47. The molecule has 5 heteroatoms. The molecule has 114 valence electrons. The largest absolute Gasteiger partial charge is 0.481 e. The quantitative estimate of drug-likeness (QED) is 0.692. The summed E-state index contributed by atoms with van der Waals surface area (Å²) in [7, 11) is 0. The fourth-order valence-corrected chi connectivity index (χ4v) is 3.52. The van der Waals surface area contributed by atoms with Crippen LogP contribution in [0.4, 0.5) is 0 Å². The van der Waals surface area contributed by atoms with Crippen molar-refractivity contribution in [1.29, 1.82) is 0 Å². The van der Waals surface area contributed by atoms with Crippen molar-refractivity contribution in [3.63, 3.8) is 0 Å². The molecule has 1 heterocycles. The van der Waals surface area contributed by atoms with Crippen molar-refractivity contribution in [3.8, 4) is 0 Å². The Hall–Kier alpha value is -1.10. The molecule has 0 aromatic heterocycles. The molecular formula is C15H26N2O3. The van der Waals surface area contributed by atoms with E-state index in [-0.39, 0.29) is 12.3 Å². The lowest BCUT2D eigenvalue weighted by molar-refractivity contribution is -0.139. The molecule has 1 aliphatic carbocycles. The normalized spacial score (nSPS) is 25.3. The molecule has 2 rings (SSSR count). The highest BCUT2D eigenvalue weighted by molar-refractivity contribution is 5.78. The van der Waals surface area contributed by atoms with Crippen molar-refractivity contribution in [2.45, 2.75) is 63.3 Å². The highest BCUT2D eigenvalue weighted by atomic mass is 16.4. The number of aliphatic carboxylic acids is 1. The van der Waals surface area contributed by atoms with Crippen molar-refractivity contribution in [1.82, 2.24) is 10.6 Å². The van der Waals surface area contributed by atoms with Gasteiger partial charge < -0.3 is 15.7 Å². The maximum absolute atomic E-state index is 12.1. The molecule has 1 saturated heterocycles. The van der Waals surface area contributed by atoms with Gasteiger partial charge in [0.15, 0.2) is 0 Å². The van der Waals surface area contributed by atoms with Gasteiger partial charge in [0.05, 0.1) is 12.0 Å². The van der Waals surface area contributed by atoms with Gasteiger partial charge in [-0.1, -0.05) is 19.3 Å². The van der Waals surface area contributed by atoms with E-state index >= 15 is 0 Å². The topological polar surface area (TPSA) is 78.4 Å². The molecule has 20 heavy (non-hydrogen) atoms. The smallest absolute Gasteiger partial charge is 0.305 e. The van der Waals surface area contributed by atoms with Gasteiger partial charge >= 0.3 is 5.97 Å². The van der Waals surface area contributed by atoms with Crippen molar-refractivity contribution in [2.24, 2.45) is 5.92 Å². The Morgan fingerprint density at radius 1 is 1.25 bits per heavy atom. The molecule has 1 aliphatic heterocycles. The van der Waals surface area contributed by atoms with Crippen LogP contribution in [0.2, 0.25) is 0 Å². The van der Waals surface area contributed by atoms with E-state index in [0.29, 0.717) is 12.3 Å². The number of carboxylic acid groups (broad SMARTS) is 1. The summed E-state index contributed by atoms with van der Waals surface area (Å²) in [5, 5.41) is 15.4. The maximum Gasteiger partial charge on any atom is 0.305 e. The van der Waals surface area contributed by atoms with Gasteiger partial charge in [-0.3, -0.25) is 9.59 Å². The Labute approximate surface area is 120 Å². The number of carbonyl (C=O) groups excluding carboxylic acids is 1. The zero-order valence-corrected chi connectivity index (χ0v) is 12.1. The number of hydrogen-bond acceptors (Lipinski definition) is 3. The molecule has 2 aliphatic rings. The van der Waals surface area contributed by atoms with Crippen molar-refractivity contribution in [3.05, 3.63) is 0 Å². The van der Waals surface area contributed by atoms with Gasteiger partial charge in [0.1, 0.15) is 0 Å². The third-order valence-electron chi connectivity index (χ3n) is 4.65. The van der Waals surface area contributed by atoms with E-state index in [4.69, 9.17) is 5.11 Å². The van der Waals surface area contributed by atoms with Crippen molar-refractivity contribution < 1.29 is 14.7 Å². The number of carboxylic acids is 1. The van der Waals surface area contributed by atoms with E-state index in [1.807, 2.05) is 0 Å². The van der Waals surface area contributed by atoms with E-state index in [1.165, 1.54) is 0 Å². The van der Waals surface area contributed by atoms with Crippen LogP contribution in [0.15, 0.2) is 0 Å². The molecule has 1 saturated carbocycles. The van der Waals surface area contributed by atoms with E-state index in [2.05, 4.69) is 10.6 Å². The summed E-state index contributed by atoms with van der Waals surface area (Å²) in [5.74, 6) is -0.185. The summed E-state index contributed by atoms with van der Waals surface area (Å²) in [6, 6.07) is 0. The Balaban J connectivity index is 1.82. The number of hydrogen-bond donors (Lipinski definition) is 3. The molecule has 1 atom stereocenters. The molecule has 1 amide bonds. The Bertz CT molecular complexity index is 345. The molecule has 3 N–H and O–H groups in total. The molecule has 1 unspecified atom stereocenters. The summed E-state index contributed by atoms with van der Waals surface area (Å²) in [6.45, 7) is 2.06. The molecule has 0 spiro atoms. The fraction of sp³-hybridized carbons (Fsp3) is 0.867. The predicted octanol–water partition coefficient (Wildman–Crippen LogP) is 1.67. The number of nitrogens with one attached hydrogen (secondary N) is 2. The first-order chi connectivity index (χ1) is 9.60. The Kier molecular flexibility index (Phi) is 5.40. The third-order valence-corrected chi connectivity index (χ3v) is 4.65. The molecule has 0 bridgehead atoms. The second-order valence-electron chi connectivity index (χ2n) is 6.36. The van der Waals surface area contributed by atoms with E-state index in [0.717, 1.165) is 58.0 Å². The van der Waals surface area contributed by atoms with Gasteiger partial charge in [0.2, 0.25) is 5.91 Å². The van der Waals surface area contributed by atoms with Gasteiger partial charge in [-0.2, -0.15) is 0 Å². The first-order valence-electron chi connectivity index (χ1n) is 7.83. The first kappa shape index (κ1) is 15.3. The molecular weight excluding hydrogens is 256 g/mol. The summed E-state index contributed by atoms with van der Waals surface area (Å²) in [4.78, 5) is 23.2. The summed E-state index contributed by atoms with van der Waals surface area (Å²) in [5.41, 5.74) is -0.491. The van der Waals surface area contributed by atoms with Crippen LogP contribution in [-0.4, -0.2) is 35.6 Å². The SMILES string of the molecule is O=C(O)CC1(NC(=O)CCC2CCNC2)CCCCC1. The lowest BCUT2D eigenvalue weighted by atomic mass is 9.79. The monoisotopic (exact) mass is 282 g/mol. The molecule has 0 aromatic rings. The highest BCUT2D eigenvalue weighted by Gasteiger charge is 2.35. The van der Waals surface area contributed by atoms with E-state index < -0.39 is 11.5 Å². The van der Waals surface area contributed by atoms with Crippen LogP contribution < -0.4 is 10.6 Å². The van der Waals surface area contributed by atoms with Crippen LogP contribution in [0.5, 0.6) is 0 Å². The van der Waals surface area contributed by atoms with Crippen LogP contribution in [0.3, 0.4) is 0 Å². The van der Waals surface area contributed by atoms with E-state index in [1.54, 1.807) is 0 Å². The van der Waals surface area contributed by atoms with Crippen LogP contribution in [0.25, 0.3) is 0 Å². The molecule has 0 aromatic carbocycles. The van der Waals surface area contributed by atoms with E-state index in [9.17, 15) is 9.59 Å². The zero-order chi connectivity index (χ0) is 14.4. The van der Waals surface area contributed by atoms with Crippen molar-refractivity contribution >= 4 is 11.9 Å². The first-order valence-corrected chi connectivity index (χ1v) is 7.83. The Morgan fingerprint density at radius 3 is 2.60 bits per heavy atom. The maximum atomic E-state index is 12.1. The lowest BCUT2D eigenvalue weighted by Gasteiger charge is -2.37. The predicted molar refractivity (Wildman–Crippen MR) is 76.4 cm³/mol. The minimum atomic E-state index is -0.813. The minimum absolute atomic E-state index is 0.0278. The average molecular weight is 282 g/mol. The number of rotatable bonds is 6. The van der Waals surface area contributed by atoms with Crippen LogP contribution in [0, 0.1) is 5.92 Å². The lowest BCUT2D eigenvalue weighted by Crippen LogP contribution is -2.51. The van der Waals surface area contributed by atoms with Crippen LogP contribution >= 0.6 is 0 Å². The van der Waals surface area contributed by atoms with Gasteiger partial charge in [0.25, 0.3) is 0 Å². The molecule has 0 radical (unpaired) electrons. The number of amides is 1. The second-order valence-corrected chi connectivity index (χ2v) is 6.36. The summed E-state index contributed by atoms with van der Waals surface area (Å²) in [6.07, 6.45) is 7.41. The Morgan fingerprint density at radius 2 is 2.00 bits per heavy atom. The summed E-state index contributed by atoms with van der Waals surface area (Å²) < 4.78 is 0. The van der Waals surface area contributed by atoms with Gasteiger partial charge in [0, 0.05) is 6.42 Å². The molecule has 5 nitrogen and oxygen atoms in total. The summed E-state index contributed by atoms with van der Waals surface area (Å²) >= 11 is 0. The standard InChI is InChI=1S/C15H26N2O3/c18-13(5-4-12-6-9-16-11-12)17-15(10-14(19)20)7-2-1-3-8-15/h12,16H,1-11H2,(H,17,18)(H,19,20).